The summed E-state index contributed by atoms with van der Waals surface area (Å²) in [5, 5.41) is 3.26. The molecule has 1 aromatic carbocycles. The third kappa shape index (κ3) is 4.49. The molecule has 0 radical (unpaired) electrons. The quantitative estimate of drug-likeness (QED) is 0.843. The number of ether oxygens (including phenoxy) is 2. The molecule has 1 N–H and O–H groups in total. The highest BCUT2D eigenvalue weighted by atomic mass is 16.5. The van der Waals surface area contributed by atoms with Crippen LogP contribution in [0.3, 0.4) is 0 Å². The van der Waals surface area contributed by atoms with Crippen molar-refractivity contribution >= 4 is 17.3 Å². The lowest BCUT2D eigenvalue weighted by molar-refractivity contribution is 0.0637. The average Bonchev–Trinajstić information content (AvgIpc) is 2.74. The molecular weight excluding hydrogens is 344 g/mol. The first-order valence-electron chi connectivity index (χ1n) is 9.11. The second kappa shape index (κ2) is 8.73. The largest absolute Gasteiger partial charge is 0.497 e. The van der Waals surface area contributed by atoms with Crippen LogP contribution < -0.4 is 14.8 Å². The van der Waals surface area contributed by atoms with Crippen molar-refractivity contribution in [1.29, 1.82) is 0 Å². The van der Waals surface area contributed by atoms with Crippen LogP contribution in [0.25, 0.3) is 0 Å². The van der Waals surface area contributed by atoms with E-state index in [4.69, 9.17) is 9.47 Å². The van der Waals surface area contributed by atoms with Gasteiger partial charge in [0.05, 0.1) is 31.8 Å². The monoisotopic (exact) mass is 370 g/mol. The van der Waals surface area contributed by atoms with Crippen molar-refractivity contribution in [2.75, 3.05) is 52.3 Å². The third-order valence-corrected chi connectivity index (χ3v) is 4.78. The number of hydrogen-bond donors (Lipinski definition) is 1. The van der Waals surface area contributed by atoms with Crippen molar-refractivity contribution in [3.63, 3.8) is 0 Å². The summed E-state index contributed by atoms with van der Waals surface area (Å²) in [6.07, 6.45) is 1.67. The van der Waals surface area contributed by atoms with Gasteiger partial charge in [0.1, 0.15) is 17.2 Å². The third-order valence-electron chi connectivity index (χ3n) is 4.78. The molecule has 27 heavy (non-hydrogen) atoms. The predicted octanol–water partition coefficient (Wildman–Crippen LogP) is 2.62. The molecular formula is C20H26N4O3. The van der Waals surface area contributed by atoms with Crippen LogP contribution in [0.5, 0.6) is 11.5 Å². The average molecular weight is 370 g/mol. The normalized spacial score (nSPS) is 14.7. The minimum Gasteiger partial charge on any atom is -0.497 e. The fourth-order valence-corrected chi connectivity index (χ4v) is 3.08. The number of methoxy groups -OCH3 is 2. The Labute approximate surface area is 159 Å². The van der Waals surface area contributed by atoms with E-state index >= 15 is 0 Å². The molecule has 0 unspecified atom stereocenters. The molecule has 0 spiro atoms. The number of pyridine rings is 1. The summed E-state index contributed by atoms with van der Waals surface area (Å²) >= 11 is 0. The van der Waals surface area contributed by atoms with Crippen molar-refractivity contribution in [2.45, 2.75) is 6.92 Å². The van der Waals surface area contributed by atoms with E-state index in [1.165, 1.54) is 0 Å². The SMILES string of the molecule is CCN1CCN(C(=O)c2ccc(Nc3ccc(OC)cc3OC)cn2)CC1. The number of benzene rings is 1. The van der Waals surface area contributed by atoms with E-state index in [0.29, 0.717) is 11.4 Å². The Morgan fingerprint density at radius 2 is 1.89 bits per heavy atom. The molecule has 1 saturated heterocycles. The first-order chi connectivity index (χ1) is 13.1. The van der Waals surface area contributed by atoms with Gasteiger partial charge in [0.25, 0.3) is 5.91 Å². The van der Waals surface area contributed by atoms with Gasteiger partial charge in [-0.3, -0.25) is 4.79 Å². The minimum atomic E-state index is -0.0145. The summed E-state index contributed by atoms with van der Waals surface area (Å²) in [5.74, 6) is 1.38. The van der Waals surface area contributed by atoms with Gasteiger partial charge >= 0.3 is 0 Å². The Morgan fingerprint density at radius 3 is 2.48 bits per heavy atom. The fourth-order valence-electron chi connectivity index (χ4n) is 3.08. The zero-order chi connectivity index (χ0) is 19.2. The minimum absolute atomic E-state index is 0.0145. The second-order valence-corrected chi connectivity index (χ2v) is 6.35. The summed E-state index contributed by atoms with van der Waals surface area (Å²) in [5.41, 5.74) is 2.05. The van der Waals surface area contributed by atoms with Crippen LogP contribution >= 0.6 is 0 Å². The van der Waals surface area contributed by atoms with Gasteiger partial charge < -0.3 is 24.6 Å². The molecule has 0 aliphatic carbocycles. The number of rotatable bonds is 6. The highest BCUT2D eigenvalue weighted by molar-refractivity contribution is 5.92. The van der Waals surface area contributed by atoms with Gasteiger partial charge in [0, 0.05) is 32.2 Å². The number of nitrogens with zero attached hydrogens (tertiary/aromatic N) is 3. The molecule has 2 aromatic rings. The van der Waals surface area contributed by atoms with Crippen LogP contribution in [-0.4, -0.2) is 67.6 Å². The maximum absolute atomic E-state index is 12.6. The first kappa shape index (κ1) is 19.0. The Morgan fingerprint density at radius 1 is 1.11 bits per heavy atom. The number of hydrogen-bond acceptors (Lipinski definition) is 6. The highest BCUT2D eigenvalue weighted by Crippen LogP contribution is 2.31. The van der Waals surface area contributed by atoms with Crippen molar-refractivity contribution in [3.05, 3.63) is 42.2 Å². The molecule has 1 amide bonds. The van der Waals surface area contributed by atoms with Gasteiger partial charge in [-0.05, 0) is 30.8 Å². The molecule has 1 aliphatic rings. The molecule has 1 fully saturated rings. The Hall–Kier alpha value is -2.80. The van der Waals surface area contributed by atoms with Crippen LogP contribution in [-0.2, 0) is 0 Å². The van der Waals surface area contributed by atoms with Crippen LogP contribution in [0, 0.1) is 0 Å². The van der Waals surface area contributed by atoms with E-state index in [1.54, 1.807) is 26.5 Å². The summed E-state index contributed by atoms with van der Waals surface area (Å²) < 4.78 is 10.6. The van der Waals surface area contributed by atoms with Gasteiger partial charge in [0.2, 0.25) is 0 Å². The Bertz CT molecular complexity index is 771. The topological polar surface area (TPSA) is 66.9 Å². The summed E-state index contributed by atoms with van der Waals surface area (Å²) in [6.45, 7) is 6.49. The van der Waals surface area contributed by atoms with Crippen molar-refractivity contribution in [2.24, 2.45) is 0 Å². The van der Waals surface area contributed by atoms with Crippen molar-refractivity contribution < 1.29 is 14.3 Å². The molecule has 2 heterocycles. The van der Waals surface area contributed by atoms with Crippen LogP contribution in [0.2, 0.25) is 0 Å². The van der Waals surface area contributed by atoms with Crippen LogP contribution in [0.15, 0.2) is 36.5 Å². The number of anilines is 2. The maximum atomic E-state index is 12.6. The summed E-state index contributed by atoms with van der Waals surface area (Å²) in [7, 11) is 3.22. The lowest BCUT2D eigenvalue weighted by Crippen LogP contribution is -2.48. The Balaban J connectivity index is 1.66. The van der Waals surface area contributed by atoms with E-state index in [-0.39, 0.29) is 5.91 Å². The molecule has 0 atom stereocenters. The number of amides is 1. The first-order valence-corrected chi connectivity index (χ1v) is 9.11. The van der Waals surface area contributed by atoms with Gasteiger partial charge in [-0.1, -0.05) is 6.92 Å². The number of piperazine rings is 1. The van der Waals surface area contributed by atoms with E-state index in [1.807, 2.05) is 29.2 Å². The van der Waals surface area contributed by atoms with Crippen LogP contribution in [0.4, 0.5) is 11.4 Å². The highest BCUT2D eigenvalue weighted by Gasteiger charge is 2.22. The van der Waals surface area contributed by atoms with E-state index in [0.717, 1.165) is 49.8 Å². The summed E-state index contributed by atoms with van der Waals surface area (Å²) in [6, 6.07) is 9.15. The molecule has 7 nitrogen and oxygen atoms in total. The molecule has 7 heteroatoms. The number of carbonyl (C=O) groups is 1. The zero-order valence-electron chi connectivity index (χ0n) is 16.1. The molecule has 1 aliphatic heterocycles. The Kier molecular flexibility index (Phi) is 6.13. The van der Waals surface area contributed by atoms with Gasteiger partial charge in [-0.25, -0.2) is 4.98 Å². The number of likely N-dealkylation sites (N-methyl/N-ethyl adjacent to an activating group) is 1. The number of aromatic nitrogens is 1. The number of carbonyl (C=O) groups excluding carboxylic acids is 1. The predicted molar refractivity (Wildman–Crippen MR) is 105 cm³/mol. The number of nitrogens with one attached hydrogen (secondary N) is 1. The molecule has 3 rings (SSSR count). The van der Waals surface area contributed by atoms with Gasteiger partial charge in [-0.15, -0.1) is 0 Å². The molecule has 0 bridgehead atoms. The molecule has 0 saturated carbocycles. The summed E-state index contributed by atoms with van der Waals surface area (Å²) in [4.78, 5) is 21.2. The van der Waals surface area contributed by atoms with Crippen LogP contribution in [0.1, 0.15) is 17.4 Å². The zero-order valence-corrected chi connectivity index (χ0v) is 16.1. The lowest BCUT2D eigenvalue weighted by Gasteiger charge is -2.33. The van der Waals surface area contributed by atoms with E-state index in [2.05, 4.69) is 22.1 Å². The van der Waals surface area contributed by atoms with Gasteiger partial charge in [0.15, 0.2) is 0 Å². The molecule has 1 aromatic heterocycles. The smallest absolute Gasteiger partial charge is 0.272 e. The second-order valence-electron chi connectivity index (χ2n) is 6.35. The van der Waals surface area contributed by atoms with E-state index in [9.17, 15) is 4.79 Å². The molecule has 144 valence electrons. The van der Waals surface area contributed by atoms with E-state index < -0.39 is 0 Å². The lowest BCUT2D eigenvalue weighted by atomic mass is 10.2. The fraction of sp³-hybridized carbons (Fsp3) is 0.400. The standard InChI is InChI=1S/C20H26N4O3/c1-4-23-9-11-24(12-10-23)20(25)18-7-5-15(14-21-18)22-17-8-6-16(26-2)13-19(17)27-3/h5-8,13-14,22H,4,9-12H2,1-3H3. The van der Waals surface area contributed by atoms with Crippen molar-refractivity contribution in [1.82, 2.24) is 14.8 Å². The maximum Gasteiger partial charge on any atom is 0.272 e. The van der Waals surface area contributed by atoms with Crippen molar-refractivity contribution in [3.8, 4) is 11.5 Å². The van der Waals surface area contributed by atoms with Gasteiger partial charge in [-0.2, -0.15) is 0 Å².